The predicted molar refractivity (Wildman–Crippen MR) is 85.0 cm³/mol. The van der Waals surface area contributed by atoms with E-state index >= 15 is 0 Å². The van der Waals surface area contributed by atoms with Gasteiger partial charge < -0.3 is 15.2 Å². The summed E-state index contributed by atoms with van der Waals surface area (Å²) in [7, 11) is 0. The molecule has 0 saturated carbocycles. The molecular formula is C14H17F3N6S. The van der Waals surface area contributed by atoms with Crippen molar-refractivity contribution in [3.05, 3.63) is 28.2 Å². The Kier molecular flexibility index (Phi) is 4.24. The number of rotatable bonds is 3. The average molecular weight is 358 g/mol. The highest BCUT2D eigenvalue weighted by atomic mass is 32.1. The van der Waals surface area contributed by atoms with Crippen LogP contribution >= 0.6 is 11.3 Å². The van der Waals surface area contributed by atoms with E-state index in [1.807, 2.05) is 6.07 Å². The first-order valence-electron chi connectivity index (χ1n) is 7.52. The molecule has 0 bridgehead atoms. The molecule has 2 aromatic rings. The molecule has 0 aromatic carbocycles. The molecule has 3 N–H and O–H groups in total. The average Bonchev–Trinajstić information content (AvgIpc) is 3.09. The van der Waals surface area contributed by atoms with Crippen LogP contribution in [-0.4, -0.2) is 32.0 Å². The Balaban J connectivity index is 1.81. The summed E-state index contributed by atoms with van der Waals surface area (Å²) in [5.41, 5.74) is 6.64. The van der Waals surface area contributed by atoms with Crippen molar-refractivity contribution in [3.8, 4) is 0 Å². The molecule has 0 unspecified atom stereocenters. The lowest BCUT2D eigenvalue weighted by atomic mass is 10.2. The van der Waals surface area contributed by atoms with Gasteiger partial charge >= 0.3 is 6.18 Å². The summed E-state index contributed by atoms with van der Waals surface area (Å²) in [6, 6.07) is 1.90. The van der Waals surface area contributed by atoms with Crippen LogP contribution in [0, 0.1) is 5.41 Å². The van der Waals surface area contributed by atoms with Crippen molar-refractivity contribution in [1.29, 1.82) is 5.41 Å². The molecule has 3 heterocycles. The van der Waals surface area contributed by atoms with Gasteiger partial charge in [0.15, 0.2) is 5.82 Å². The summed E-state index contributed by atoms with van der Waals surface area (Å²) in [5, 5.41) is 15.8. The maximum Gasteiger partial charge on any atom is 0.451 e. The Morgan fingerprint density at radius 3 is 2.79 bits per heavy atom. The van der Waals surface area contributed by atoms with Gasteiger partial charge in [-0.05, 0) is 12.5 Å². The predicted octanol–water partition coefficient (Wildman–Crippen LogP) is 2.73. The van der Waals surface area contributed by atoms with Gasteiger partial charge in [0.1, 0.15) is 5.84 Å². The second kappa shape index (κ2) is 6.08. The van der Waals surface area contributed by atoms with E-state index in [1.54, 1.807) is 4.90 Å². The summed E-state index contributed by atoms with van der Waals surface area (Å²) >= 11 is 1.45. The number of hydrogen-bond acceptors (Lipinski definition) is 5. The molecule has 2 aromatic heterocycles. The van der Waals surface area contributed by atoms with Crippen molar-refractivity contribution in [3.63, 3.8) is 0 Å². The Bertz CT molecular complexity index is 763. The van der Waals surface area contributed by atoms with Crippen LogP contribution in [0.2, 0.25) is 0 Å². The molecule has 6 nitrogen and oxygen atoms in total. The molecule has 0 aliphatic carbocycles. The summed E-state index contributed by atoms with van der Waals surface area (Å²) in [4.78, 5) is 2.78. The Morgan fingerprint density at radius 2 is 2.12 bits per heavy atom. The maximum atomic E-state index is 12.9. The molecule has 0 spiro atoms. The van der Waals surface area contributed by atoms with E-state index in [9.17, 15) is 13.2 Å². The number of hydrogen-bond donors (Lipinski definition) is 2. The first-order valence-corrected chi connectivity index (χ1v) is 8.34. The van der Waals surface area contributed by atoms with E-state index in [4.69, 9.17) is 11.1 Å². The van der Waals surface area contributed by atoms with Crippen LogP contribution in [0.15, 0.2) is 6.07 Å². The van der Waals surface area contributed by atoms with Crippen molar-refractivity contribution in [2.24, 2.45) is 0 Å². The van der Waals surface area contributed by atoms with E-state index < -0.39 is 12.0 Å². The SMILES string of the molecule is CCCc1cc(C(=N)N2CCn3c(nnc3C(F)(F)F)C2)c(N)s1. The van der Waals surface area contributed by atoms with Crippen LogP contribution < -0.4 is 5.73 Å². The molecule has 0 atom stereocenters. The number of nitrogens with one attached hydrogen (secondary N) is 1. The largest absolute Gasteiger partial charge is 0.451 e. The van der Waals surface area contributed by atoms with Gasteiger partial charge in [-0.1, -0.05) is 13.3 Å². The third-order valence-corrected chi connectivity index (χ3v) is 4.91. The minimum absolute atomic E-state index is 0.0887. The number of fused-ring (bicyclic) bond motifs is 1. The lowest BCUT2D eigenvalue weighted by Gasteiger charge is -2.29. The Morgan fingerprint density at radius 1 is 1.38 bits per heavy atom. The normalized spacial score (nSPS) is 14.8. The molecule has 130 valence electrons. The zero-order chi connectivity index (χ0) is 17.5. The van der Waals surface area contributed by atoms with E-state index in [0.29, 0.717) is 10.6 Å². The first kappa shape index (κ1) is 16.7. The zero-order valence-corrected chi connectivity index (χ0v) is 13.8. The first-order chi connectivity index (χ1) is 11.3. The number of nitrogens with zero attached hydrogens (tertiary/aromatic N) is 4. The van der Waals surface area contributed by atoms with Crippen LogP contribution in [0.3, 0.4) is 0 Å². The van der Waals surface area contributed by atoms with Gasteiger partial charge in [-0.25, -0.2) is 0 Å². The Labute approximate surface area is 140 Å². The van der Waals surface area contributed by atoms with Crippen molar-refractivity contribution in [2.45, 2.75) is 39.0 Å². The molecule has 0 saturated heterocycles. The highest BCUT2D eigenvalue weighted by Crippen LogP contribution is 2.31. The highest BCUT2D eigenvalue weighted by molar-refractivity contribution is 7.16. The lowest BCUT2D eigenvalue weighted by molar-refractivity contribution is -0.147. The van der Waals surface area contributed by atoms with Gasteiger partial charge in [-0.2, -0.15) is 13.2 Å². The van der Waals surface area contributed by atoms with Crippen LogP contribution in [0.5, 0.6) is 0 Å². The second-order valence-corrected chi connectivity index (χ2v) is 6.77. The molecule has 3 rings (SSSR count). The molecule has 24 heavy (non-hydrogen) atoms. The minimum Gasteiger partial charge on any atom is -0.390 e. The summed E-state index contributed by atoms with van der Waals surface area (Å²) < 4.78 is 39.7. The third kappa shape index (κ3) is 2.97. The van der Waals surface area contributed by atoms with E-state index in [2.05, 4.69) is 17.1 Å². The molecule has 0 amide bonds. The molecule has 0 fully saturated rings. The van der Waals surface area contributed by atoms with Gasteiger partial charge in [0, 0.05) is 18.0 Å². The smallest absolute Gasteiger partial charge is 0.390 e. The van der Waals surface area contributed by atoms with E-state index in [1.165, 1.54) is 11.3 Å². The monoisotopic (exact) mass is 358 g/mol. The molecule has 1 aliphatic rings. The number of nitrogen functional groups attached to an aromatic ring is 1. The van der Waals surface area contributed by atoms with Crippen LogP contribution in [0.4, 0.5) is 18.2 Å². The van der Waals surface area contributed by atoms with Gasteiger partial charge in [0.25, 0.3) is 0 Å². The quantitative estimate of drug-likeness (QED) is 0.653. The molecule has 10 heteroatoms. The fourth-order valence-electron chi connectivity index (χ4n) is 2.74. The number of aromatic nitrogens is 3. The zero-order valence-electron chi connectivity index (χ0n) is 13.0. The summed E-state index contributed by atoms with van der Waals surface area (Å²) in [5.74, 6) is -0.557. The van der Waals surface area contributed by atoms with Crippen molar-refractivity contribution in [2.75, 3.05) is 12.3 Å². The number of halogens is 3. The number of nitrogens with two attached hydrogens (primary N) is 1. The standard InChI is InChI=1S/C14H17F3N6S/c1-2-3-8-6-9(12(19)24-8)11(18)22-4-5-23-10(7-22)20-21-13(23)14(15,16)17/h6,18H,2-5,7,19H2,1H3. The topological polar surface area (TPSA) is 83.8 Å². The summed E-state index contributed by atoms with van der Waals surface area (Å²) in [6.07, 6.45) is -2.64. The summed E-state index contributed by atoms with van der Waals surface area (Å²) in [6.45, 7) is 2.55. The van der Waals surface area contributed by atoms with Crippen molar-refractivity contribution in [1.82, 2.24) is 19.7 Å². The van der Waals surface area contributed by atoms with Crippen molar-refractivity contribution < 1.29 is 13.2 Å². The van der Waals surface area contributed by atoms with Crippen molar-refractivity contribution >= 4 is 22.2 Å². The van der Waals surface area contributed by atoms with Crippen LogP contribution in [0.25, 0.3) is 0 Å². The third-order valence-electron chi connectivity index (χ3n) is 3.89. The van der Waals surface area contributed by atoms with Crippen LogP contribution in [0.1, 0.15) is 35.4 Å². The maximum absolute atomic E-state index is 12.9. The number of alkyl halides is 3. The van der Waals surface area contributed by atoms with Gasteiger partial charge in [-0.3, -0.25) is 5.41 Å². The fourth-order valence-corrected chi connectivity index (χ4v) is 3.77. The minimum atomic E-state index is -4.52. The van der Waals surface area contributed by atoms with Gasteiger partial charge in [0.05, 0.1) is 17.1 Å². The molecule has 0 radical (unpaired) electrons. The number of amidine groups is 1. The fraction of sp³-hybridized carbons (Fsp3) is 0.500. The highest BCUT2D eigenvalue weighted by Gasteiger charge is 2.39. The van der Waals surface area contributed by atoms with Gasteiger partial charge in [0.2, 0.25) is 5.82 Å². The number of aryl methyl sites for hydroxylation is 1. The molecular weight excluding hydrogens is 341 g/mol. The second-order valence-electron chi connectivity index (χ2n) is 5.60. The lowest BCUT2D eigenvalue weighted by Crippen LogP contribution is -2.39. The van der Waals surface area contributed by atoms with Crippen LogP contribution in [-0.2, 0) is 25.7 Å². The Hall–Kier alpha value is -2.10. The van der Waals surface area contributed by atoms with Gasteiger partial charge in [-0.15, -0.1) is 21.5 Å². The molecule has 1 aliphatic heterocycles. The number of anilines is 1. The number of thiophene rings is 1. The van der Waals surface area contributed by atoms with E-state index in [-0.39, 0.29) is 31.3 Å². The van der Waals surface area contributed by atoms with E-state index in [0.717, 1.165) is 22.3 Å².